The molecule has 7 heteroatoms. The Morgan fingerprint density at radius 3 is 2.59 bits per heavy atom. The largest absolute Gasteiger partial charge is 0.493 e. The van der Waals surface area contributed by atoms with Crippen molar-refractivity contribution in [1.82, 2.24) is 9.97 Å². The van der Waals surface area contributed by atoms with Gasteiger partial charge in [0.25, 0.3) is 0 Å². The minimum absolute atomic E-state index is 0.380. The Labute approximate surface area is 167 Å². The van der Waals surface area contributed by atoms with Gasteiger partial charge < -0.3 is 14.2 Å². The Morgan fingerprint density at radius 1 is 1.19 bits per heavy atom. The summed E-state index contributed by atoms with van der Waals surface area (Å²) in [6.07, 6.45) is 3.11. The minimum atomic E-state index is 0.380. The minimum Gasteiger partial charge on any atom is -0.493 e. The van der Waals surface area contributed by atoms with Crippen LogP contribution in [0.2, 0.25) is 0 Å². The van der Waals surface area contributed by atoms with Gasteiger partial charge in [-0.15, -0.1) is 0 Å². The van der Waals surface area contributed by atoms with Crippen LogP contribution in [-0.4, -0.2) is 42.1 Å². The number of benzene rings is 1. The van der Waals surface area contributed by atoms with E-state index in [-0.39, 0.29) is 0 Å². The van der Waals surface area contributed by atoms with E-state index in [2.05, 4.69) is 16.2 Å². The van der Waals surface area contributed by atoms with Gasteiger partial charge in [0.2, 0.25) is 0 Å². The second-order valence-corrected chi connectivity index (χ2v) is 8.30. The molecule has 0 spiro atoms. The van der Waals surface area contributed by atoms with E-state index >= 15 is 0 Å². The lowest BCUT2D eigenvalue weighted by Crippen LogP contribution is -2.14. The lowest BCUT2D eigenvalue weighted by atomic mass is 10.1. The molecule has 1 saturated heterocycles. The molecule has 3 unspecified atom stereocenters. The number of hydrogen-bond acceptors (Lipinski definition) is 6. The highest BCUT2D eigenvalue weighted by atomic mass is 32.2. The number of hydrogen-bond donors (Lipinski definition) is 0. The van der Waals surface area contributed by atoms with Gasteiger partial charge in [-0.05, 0) is 44.9 Å². The number of thioether (sulfide) groups is 1. The van der Waals surface area contributed by atoms with Crippen molar-refractivity contribution >= 4 is 26.4 Å². The normalized spacial score (nSPS) is 19.3. The van der Waals surface area contributed by atoms with E-state index in [1.807, 2.05) is 36.9 Å². The maximum absolute atomic E-state index is 5.90. The van der Waals surface area contributed by atoms with Crippen LogP contribution < -0.4 is 14.9 Å². The van der Waals surface area contributed by atoms with Gasteiger partial charge in [0.05, 0.1) is 31.9 Å². The first-order valence-corrected chi connectivity index (χ1v) is 10.8. The number of nitrogens with zero attached hydrogens (tertiary/aromatic N) is 2. The number of rotatable bonds is 7. The fraction of sp³-hybridized carbons (Fsp3) is 0.500. The predicted molar refractivity (Wildman–Crippen MR) is 114 cm³/mol. The summed E-state index contributed by atoms with van der Waals surface area (Å²) in [6.45, 7) is 4.19. The molecule has 1 fully saturated rings. The van der Waals surface area contributed by atoms with Crippen LogP contribution in [0.3, 0.4) is 0 Å². The molecule has 0 saturated carbocycles. The highest BCUT2D eigenvalue weighted by Crippen LogP contribution is 2.31. The summed E-state index contributed by atoms with van der Waals surface area (Å²) in [5.41, 5.74) is 4.04. The van der Waals surface area contributed by atoms with Crippen LogP contribution in [0.15, 0.2) is 18.2 Å². The Balaban J connectivity index is 1.72. The van der Waals surface area contributed by atoms with Crippen LogP contribution in [0.4, 0.5) is 0 Å². The molecule has 3 atom stereocenters. The molecule has 2 heterocycles. The van der Waals surface area contributed by atoms with Gasteiger partial charge in [-0.3, -0.25) is 0 Å². The van der Waals surface area contributed by atoms with Crippen LogP contribution in [0.1, 0.15) is 31.0 Å². The van der Waals surface area contributed by atoms with Crippen LogP contribution in [0.5, 0.6) is 11.5 Å². The standard InChI is InChI=1S/C20H27N2O3PS/c1-12-5-7-15(25-12)10-27-11-16-13(2)21-19(22-20(16)26)14-6-8-17(23-3)18(9-14)24-4/h6,8-9,12,15H,5,7,10-11,26H2,1-4H3. The summed E-state index contributed by atoms with van der Waals surface area (Å²) >= 11 is 1.89. The monoisotopic (exact) mass is 406 g/mol. The fourth-order valence-corrected chi connectivity index (χ4v) is 4.97. The van der Waals surface area contributed by atoms with Gasteiger partial charge in [0.1, 0.15) is 0 Å². The third-order valence-electron chi connectivity index (χ3n) is 4.76. The zero-order chi connectivity index (χ0) is 19.4. The van der Waals surface area contributed by atoms with E-state index < -0.39 is 0 Å². The van der Waals surface area contributed by atoms with Crippen LogP contribution in [0, 0.1) is 6.92 Å². The maximum atomic E-state index is 5.90. The summed E-state index contributed by atoms with van der Waals surface area (Å²) in [6, 6.07) is 5.74. The van der Waals surface area contributed by atoms with Gasteiger partial charge in [0.15, 0.2) is 17.3 Å². The Morgan fingerprint density at radius 2 is 1.96 bits per heavy atom. The molecule has 0 bridgehead atoms. The molecule has 27 heavy (non-hydrogen) atoms. The first-order valence-electron chi connectivity index (χ1n) is 9.10. The Bertz CT molecular complexity index is 780. The van der Waals surface area contributed by atoms with E-state index in [9.17, 15) is 0 Å². The van der Waals surface area contributed by atoms with Crippen molar-refractivity contribution < 1.29 is 14.2 Å². The molecule has 146 valence electrons. The molecule has 0 aliphatic carbocycles. The summed E-state index contributed by atoms with van der Waals surface area (Å²) in [5, 5.41) is 0. The fourth-order valence-electron chi connectivity index (χ4n) is 3.20. The molecule has 1 aliphatic rings. The molecule has 0 N–H and O–H groups in total. The van der Waals surface area contributed by atoms with Crippen molar-refractivity contribution in [1.29, 1.82) is 0 Å². The van der Waals surface area contributed by atoms with Gasteiger partial charge in [0, 0.05) is 28.3 Å². The van der Waals surface area contributed by atoms with E-state index in [1.165, 1.54) is 12.0 Å². The van der Waals surface area contributed by atoms with Gasteiger partial charge >= 0.3 is 0 Å². The molecular weight excluding hydrogens is 379 g/mol. The second kappa shape index (κ2) is 9.22. The molecule has 0 radical (unpaired) electrons. The molecule has 2 aromatic rings. The van der Waals surface area contributed by atoms with Crippen molar-refractivity contribution in [3.63, 3.8) is 0 Å². The Kier molecular flexibility index (Phi) is 6.96. The first kappa shape index (κ1) is 20.4. The number of methoxy groups -OCH3 is 2. The molecule has 5 nitrogen and oxygen atoms in total. The zero-order valence-corrected chi connectivity index (χ0v) is 18.3. The summed E-state index contributed by atoms with van der Waals surface area (Å²) in [4.78, 5) is 9.44. The summed E-state index contributed by atoms with van der Waals surface area (Å²) < 4.78 is 16.6. The molecule has 1 aliphatic heterocycles. The van der Waals surface area contributed by atoms with Crippen molar-refractivity contribution in [3.05, 3.63) is 29.5 Å². The molecular formula is C20H27N2O3PS. The SMILES string of the molecule is COc1ccc(-c2nc(C)c(CSCC3CCC(C)O3)c(P)n2)cc1OC. The zero-order valence-electron chi connectivity index (χ0n) is 16.3. The quantitative estimate of drug-likeness (QED) is 0.653. The third kappa shape index (κ3) is 4.92. The van der Waals surface area contributed by atoms with Crippen molar-refractivity contribution in [2.24, 2.45) is 0 Å². The van der Waals surface area contributed by atoms with Gasteiger partial charge in [-0.1, -0.05) is 9.24 Å². The van der Waals surface area contributed by atoms with Gasteiger partial charge in [-0.2, -0.15) is 11.8 Å². The van der Waals surface area contributed by atoms with E-state index in [0.29, 0.717) is 29.5 Å². The van der Waals surface area contributed by atoms with Gasteiger partial charge in [-0.25, -0.2) is 9.97 Å². The topological polar surface area (TPSA) is 53.5 Å². The first-order chi connectivity index (χ1) is 13.0. The average molecular weight is 406 g/mol. The smallest absolute Gasteiger partial charge is 0.161 e. The third-order valence-corrected chi connectivity index (χ3v) is 6.34. The summed E-state index contributed by atoms with van der Waals surface area (Å²) in [5.74, 6) is 3.98. The number of aryl methyl sites for hydroxylation is 1. The summed E-state index contributed by atoms with van der Waals surface area (Å²) in [7, 11) is 6.01. The van der Waals surface area contributed by atoms with Crippen molar-refractivity contribution in [2.75, 3.05) is 20.0 Å². The number of ether oxygens (including phenoxy) is 3. The molecule has 3 rings (SSSR count). The second-order valence-electron chi connectivity index (χ2n) is 6.73. The molecule has 1 aromatic heterocycles. The molecule has 1 aromatic carbocycles. The predicted octanol–water partition coefficient (Wildman–Crippen LogP) is 3.77. The number of aromatic nitrogens is 2. The van der Waals surface area contributed by atoms with Crippen molar-refractivity contribution in [2.45, 2.75) is 44.6 Å². The lowest BCUT2D eigenvalue weighted by Gasteiger charge is -2.14. The lowest BCUT2D eigenvalue weighted by molar-refractivity contribution is 0.0700. The average Bonchev–Trinajstić information content (AvgIpc) is 3.08. The highest BCUT2D eigenvalue weighted by Gasteiger charge is 2.21. The van der Waals surface area contributed by atoms with E-state index in [0.717, 1.165) is 34.6 Å². The van der Waals surface area contributed by atoms with Crippen LogP contribution in [0.25, 0.3) is 11.4 Å². The van der Waals surface area contributed by atoms with E-state index in [1.54, 1.807) is 14.2 Å². The molecule has 0 amide bonds. The Hall–Kier alpha value is -1.36. The van der Waals surface area contributed by atoms with E-state index in [4.69, 9.17) is 24.2 Å². The highest BCUT2D eigenvalue weighted by molar-refractivity contribution is 7.98. The van der Waals surface area contributed by atoms with Crippen molar-refractivity contribution in [3.8, 4) is 22.9 Å². The maximum Gasteiger partial charge on any atom is 0.161 e. The van der Waals surface area contributed by atoms with Crippen LogP contribution in [-0.2, 0) is 10.5 Å². The van der Waals surface area contributed by atoms with Crippen LogP contribution >= 0.6 is 21.0 Å².